The fraction of sp³-hybridized carbons (Fsp3) is 0.455. The van der Waals surface area contributed by atoms with Crippen LogP contribution in [0.5, 0.6) is 0 Å². The maximum absolute atomic E-state index is 14.0. The van der Waals surface area contributed by atoms with Crippen LogP contribution in [0.25, 0.3) is 11.0 Å². The van der Waals surface area contributed by atoms with Crippen LogP contribution in [0.15, 0.2) is 23.4 Å². The number of aromatic amines is 1. The van der Waals surface area contributed by atoms with E-state index in [1.54, 1.807) is 0 Å². The number of ether oxygens (including phenoxy) is 1. The van der Waals surface area contributed by atoms with E-state index in [9.17, 15) is 14.3 Å². The van der Waals surface area contributed by atoms with Gasteiger partial charge in [0, 0.05) is 13.3 Å². The number of hydrogen-bond donors (Lipinski definition) is 3. The topological polar surface area (TPSA) is 100 Å². The van der Waals surface area contributed by atoms with E-state index >= 15 is 0 Å². The summed E-state index contributed by atoms with van der Waals surface area (Å²) < 4.78 is 19.8. The smallest absolute Gasteiger partial charge is 0.276 e. The molecule has 7 nitrogen and oxygen atoms in total. The summed E-state index contributed by atoms with van der Waals surface area (Å²) in [5.41, 5.74) is -0.0253. The molecule has 0 fully saturated rings. The van der Waals surface area contributed by atoms with Crippen LogP contribution < -0.4 is 5.56 Å². The predicted molar refractivity (Wildman–Crippen MR) is 64.4 cm³/mol. The molecule has 0 aliphatic heterocycles. The van der Waals surface area contributed by atoms with Gasteiger partial charge in [0.2, 0.25) is 0 Å². The fourth-order valence-corrected chi connectivity index (χ4v) is 1.84. The van der Waals surface area contributed by atoms with Crippen LogP contribution >= 0.6 is 0 Å². The first kappa shape index (κ1) is 13.7. The molecule has 0 amide bonds. The van der Waals surface area contributed by atoms with Gasteiger partial charge in [0.25, 0.3) is 5.56 Å². The molecule has 2 heterocycles. The lowest BCUT2D eigenvalue weighted by Gasteiger charge is -2.23. The number of nitrogens with one attached hydrogen (secondary N) is 1. The maximum atomic E-state index is 14.0. The normalized spacial score (nSPS) is 16.4. The van der Waals surface area contributed by atoms with E-state index in [-0.39, 0.29) is 5.52 Å². The molecule has 0 aromatic carbocycles. The number of H-pyrrole nitrogens is 1. The summed E-state index contributed by atoms with van der Waals surface area (Å²) in [6.07, 6.45) is -2.07. The van der Waals surface area contributed by atoms with Crippen molar-refractivity contribution in [1.82, 2.24) is 14.5 Å². The summed E-state index contributed by atoms with van der Waals surface area (Å²) in [6, 6.07) is 1.50. The molecule has 0 aliphatic rings. The molecule has 0 unspecified atom stereocenters. The molecular formula is C11H14FN3O4. The molecule has 2 rings (SSSR count). The number of aliphatic hydroxyl groups is 2. The molecule has 0 spiro atoms. The van der Waals surface area contributed by atoms with Crippen LogP contribution in [0, 0.1) is 0 Å². The van der Waals surface area contributed by atoms with Gasteiger partial charge in [-0.1, -0.05) is 0 Å². The Morgan fingerprint density at radius 2 is 2.37 bits per heavy atom. The lowest BCUT2D eigenvalue weighted by Crippen LogP contribution is -2.35. The van der Waals surface area contributed by atoms with Gasteiger partial charge in [-0.05, 0) is 6.07 Å². The molecule has 3 N–H and O–H groups in total. The summed E-state index contributed by atoms with van der Waals surface area (Å²) in [5.74, 6) is 0. The summed E-state index contributed by atoms with van der Waals surface area (Å²) in [4.78, 5) is 17.7. The highest BCUT2D eigenvalue weighted by molar-refractivity contribution is 5.73. The highest BCUT2D eigenvalue weighted by atomic mass is 19.1. The van der Waals surface area contributed by atoms with Crippen molar-refractivity contribution in [2.24, 2.45) is 0 Å². The van der Waals surface area contributed by atoms with E-state index in [0.29, 0.717) is 5.52 Å². The minimum absolute atomic E-state index is 0.103. The van der Waals surface area contributed by atoms with E-state index in [2.05, 4.69) is 9.97 Å². The van der Waals surface area contributed by atoms with Crippen LogP contribution in [0.2, 0.25) is 0 Å². The predicted octanol–water partition coefficient (Wildman–Crippen LogP) is -0.439. The number of pyridine rings is 1. The number of rotatable bonds is 5. The largest absolute Gasteiger partial charge is 0.394 e. The zero-order valence-electron chi connectivity index (χ0n) is 10.2. The SMILES string of the molecule is CO[C@H](CO)[C@H](F)[C@@H](O)n1cnc2c(=O)[nH]ccc21. The number of imidazole rings is 1. The molecule has 0 saturated heterocycles. The van der Waals surface area contributed by atoms with Gasteiger partial charge in [0.1, 0.15) is 6.10 Å². The van der Waals surface area contributed by atoms with Crippen molar-refractivity contribution >= 4 is 11.0 Å². The minimum Gasteiger partial charge on any atom is -0.394 e. The molecule has 8 heteroatoms. The molecule has 0 radical (unpaired) electrons. The van der Waals surface area contributed by atoms with Gasteiger partial charge in [0.05, 0.1) is 18.5 Å². The van der Waals surface area contributed by atoms with Crippen molar-refractivity contribution in [3.63, 3.8) is 0 Å². The second-order valence-electron chi connectivity index (χ2n) is 4.01. The minimum atomic E-state index is -1.85. The Hall–Kier alpha value is -1.77. The molecule has 0 aliphatic carbocycles. The second-order valence-corrected chi connectivity index (χ2v) is 4.01. The number of methoxy groups -OCH3 is 1. The third-order valence-corrected chi connectivity index (χ3v) is 2.91. The van der Waals surface area contributed by atoms with Crippen LogP contribution in [0.4, 0.5) is 4.39 Å². The Balaban J connectivity index is 2.39. The number of nitrogens with zero attached hydrogens (tertiary/aromatic N) is 2. The van der Waals surface area contributed by atoms with E-state index < -0.39 is 30.7 Å². The average molecular weight is 271 g/mol. The highest BCUT2D eigenvalue weighted by Gasteiger charge is 2.30. The quantitative estimate of drug-likeness (QED) is 0.684. The third kappa shape index (κ3) is 2.37. The first-order valence-electron chi connectivity index (χ1n) is 5.60. The number of aromatic nitrogens is 3. The Bertz CT molecular complexity index is 607. The molecule has 19 heavy (non-hydrogen) atoms. The van der Waals surface area contributed by atoms with Crippen LogP contribution in [0.1, 0.15) is 6.23 Å². The third-order valence-electron chi connectivity index (χ3n) is 2.91. The first-order chi connectivity index (χ1) is 9.10. The van der Waals surface area contributed by atoms with Gasteiger partial charge in [-0.15, -0.1) is 0 Å². The van der Waals surface area contributed by atoms with Crippen molar-refractivity contribution in [3.05, 3.63) is 28.9 Å². The monoisotopic (exact) mass is 271 g/mol. The van der Waals surface area contributed by atoms with Crippen molar-refractivity contribution < 1.29 is 19.3 Å². The molecule has 2 aromatic heterocycles. The number of halogens is 1. The van der Waals surface area contributed by atoms with E-state index in [1.165, 1.54) is 25.7 Å². The molecule has 104 valence electrons. The van der Waals surface area contributed by atoms with Gasteiger partial charge < -0.3 is 24.5 Å². The highest BCUT2D eigenvalue weighted by Crippen LogP contribution is 2.21. The zero-order chi connectivity index (χ0) is 14.0. The van der Waals surface area contributed by atoms with Crippen molar-refractivity contribution in [2.75, 3.05) is 13.7 Å². The van der Waals surface area contributed by atoms with Crippen molar-refractivity contribution in [1.29, 1.82) is 0 Å². The lowest BCUT2D eigenvalue weighted by atomic mass is 10.2. The van der Waals surface area contributed by atoms with E-state index in [1.807, 2.05) is 0 Å². The number of hydrogen-bond acceptors (Lipinski definition) is 5. The lowest BCUT2D eigenvalue weighted by molar-refractivity contribution is -0.0790. The van der Waals surface area contributed by atoms with Crippen molar-refractivity contribution in [3.8, 4) is 0 Å². The molecule has 0 bridgehead atoms. The van der Waals surface area contributed by atoms with Gasteiger partial charge in [-0.25, -0.2) is 9.37 Å². The van der Waals surface area contributed by atoms with Crippen LogP contribution in [0.3, 0.4) is 0 Å². The fourth-order valence-electron chi connectivity index (χ4n) is 1.84. The van der Waals surface area contributed by atoms with Gasteiger partial charge in [-0.3, -0.25) is 4.79 Å². The first-order valence-corrected chi connectivity index (χ1v) is 5.60. The number of aliphatic hydroxyl groups excluding tert-OH is 2. The number of fused-ring (bicyclic) bond motifs is 1. The molecule has 0 saturated carbocycles. The Labute approximate surface area is 107 Å². The zero-order valence-corrected chi connectivity index (χ0v) is 10.2. The Kier molecular flexibility index (Phi) is 3.93. The summed E-state index contributed by atoms with van der Waals surface area (Å²) in [7, 11) is 1.23. The summed E-state index contributed by atoms with van der Waals surface area (Å²) in [5, 5.41) is 18.9. The van der Waals surface area contributed by atoms with Gasteiger partial charge >= 0.3 is 0 Å². The Morgan fingerprint density at radius 3 is 3.00 bits per heavy atom. The van der Waals surface area contributed by atoms with Gasteiger partial charge in [-0.2, -0.15) is 0 Å². The van der Waals surface area contributed by atoms with E-state index in [4.69, 9.17) is 9.84 Å². The Morgan fingerprint density at radius 1 is 1.63 bits per heavy atom. The molecule has 3 atom stereocenters. The van der Waals surface area contributed by atoms with Crippen molar-refractivity contribution in [2.45, 2.75) is 18.5 Å². The van der Waals surface area contributed by atoms with Crippen LogP contribution in [-0.4, -0.2) is 50.7 Å². The molecule has 2 aromatic rings. The summed E-state index contributed by atoms with van der Waals surface area (Å²) >= 11 is 0. The standard InChI is InChI=1S/C11H14FN3O4/c1-19-7(4-16)8(12)11(18)15-5-14-9-6(15)2-3-13-10(9)17/h2-3,5,7-8,11,16,18H,4H2,1H3,(H,13,17)/t7-,8+,11-/m1/s1. The van der Waals surface area contributed by atoms with Crippen LogP contribution in [-0.2, 0) is 4.74 Å². The van der Waals surface area contributed by atoms with E-state index in [0.717, 1.165) is 4.57 Å². The maximum Gasteiger partial charge on any atom is 0.276 e. The van der Waals surface area contributed by atoms with Gasteiger partial charge in [0.15, 0.2) is 17.9 Å². The average Bonchev–Trinajstić information content (AvgIpc) is 2.84. The number of alkyl halides is 1. The second kappa shape index (κ2) is 5.47. The summed E-state index contributed by atoms with van der Waals surface area (Å²) in [6.45, 7) is -0.568. The molecular weight excluding hydrogens is 257 g/mol.